The molecule has 0 aromatic heterocycles. The molecule has 0 aliphatic heterocycles. The van der Waals surface area contributed by atoms with E-state index >= 15 is 0 Å². The van der Waals surface area contributed by atoms with Crippen molar-refractivity contribution < 1.29 is 46.9 Å². The number of carboxylic acid groups (broad SMARTS) is 1. The van der Waals surface area contributed by atoms with Crippen LogP contribution in [0.3, 0.4) is 0 Å². The Bertz CT molecular complexity index is 1480. The maximum Gasteiger partial charge on any atom is 0.490 e. The van der Waals surface area contributed by atoms with Crippen molar-refractivity contribution in [2.45, 2.75) is 60.2 Å². The molecular formula is C32H34F3NO7. The van der Waals surface area contributed by atoms with E-state index in [1.165, 1.54) is 12.1 Å². The molecule has 8 nitrogen and oxygen atoms in total. The number of esters is 2. The van der Waals surface area contributed by atoms with Crippen molar-refractivity contribution in [3.8, 4) is 11.5 Å². The maximum atomic E-state index is 13.0. The molecule has 230 valence electrons. The molecule has 0 bridgehead atoms. The summed E-state index contributed by atoms with van der Waals surface area (Å²) in [7, 11) is 0. The van der Waals surface area contributed by atoms with Crippen LogP contribution in [0.1, 0.15) is 74.1 Å². The minimum Gasteiger partial charge on any atom is -0.475 e. The largest absolute Gasteiger partial charge is 0.490 e. The van der Waals surface area contributed by atoms with E-state index in [1.54, 1.807) is 30.3 Å². The van der Waals surface area contributed by atoms with Crippen molar-refractivity contribution in [2.24, 2.45) is 0 Å². The molecule has 0 unspecified atom stereocenters. The van der Waals surface area contributed by atoms with E-state index in [-0.39, 0.29) is 29.4 Å². The Hall–Kier alpha value is -4.51. The number of aliphatic carboxylic acids is 1. The Kier molecular flexibility index (Phi) is 11.4. The van der Waals surface area contributed by atoms with Crippen LogP contribution in [0.15, 0.2) is 54.6 Å². The van der Waals surface area contributed by atoms with Crippen molar-refractivity contribution in [1.82, 2.24) is 5.32 Å². The number of hydrogen-bond donors (Lipinski definition) is 2. The second-order valence-electron chi connectivity index (χ2n) is 11.0. The second kappa shape index (κ2) is 14.1. The number of nitrogens with one attached hydrogen (secondary N) is 1. The summed E-state index contributed by atoms with van der Waals surface area (Å²) in [6.07, 6.45) is -5.08. The predicted octanol–water partition coefficient (Wildman–Crippen LogP) is 6.56. The Morgan fingerprint density at radius 3 is 1.44 bits per heavy atom. The SMILES string of the molecule is Cc1cc(C)cc(C(=O)Oc2ccc(C(=O)CNC(C)(C)C)cc2OC(=O)c2cc(C)cc(C)c2)c1.O=C(O)C(F)(F)F. The quantitative estimate of drug-likeness (QED) is 0.178. The summed E-state index contributed by atoms with van der Waals surface area (Å²) in [4.78, 5) is 47.6. The lowest BCUT2D eigenvalue weighted by atomic mass is 10.1. The van der Waals surface area contributed by atoms with Gasteiger partial charge in [-0.1, -0.05) is 34.4 Å². The molecule has 0 saturated carbocycles. The van der Waals surface area contributed by atoms with E-state index in [0.717, 1.165) is 22.3 Å². The fraction of sp³-hybridized carbons (Fsp3) is 0.312. The normalized spacial score (nSPS) is 11.2. The Morgan fingerprint density at radius 2 is 1.07 bits per heavy atom. The number of rotatable bonds is 7. The summed E-state index contributed by atoms with van der Waals surface area (Å²) in [6, 6.07) is 15.3. The molecule has 0 spiro atoms. The first kappa shape index (κ1) is 34.7. The highest BCUT2D eigenvalue weighted by atomic mass is 19.4. The first-order valence-electron chi connectivity index (χ1n) is 13.1. The van der Waals surface area contributed by atoms with Gasteiger partial charge in [0.05, 0.1) is 17.7 Å². The van der Waals surface area contributed by atoms with E-state index in [1.807, 2.05) is 60.6 Å². The molecule has 0 radical (unpaired) electrons. The van der Waals surface area contributed by atoms with Gasteiger partial charge in [-0.05, 0) is 90.9 Å². The van der Waals surface area contributed by atoms with E-state index in [4.69, 9.17) is 19.4 Å². The monoisotopic (exact) mass is 601 g/mol. The number of Topliss-reactive ketones (excluding diaryl/α,β-unsaturated/α-hetero) is 1. The zero-order chi connectivity index (χ0) is 32.7. The van der Waals surface area contributed by atoms with Crippen molar-refractivity contribution >= 4 is 23.7 Å². The van der Waals surface area contributed by atoms with Gasteiger partial charge in [0.15, 0.2) is 17.3 Å². The third kappa shape index (κ3) is 11.4. The molecule has 0 aliphatic carbocycles. The number of carbonyl (C=O) groups excluding carboxylic acids is 3. The summed E-state index contributed by atoms with van der Waals surface area (Å²) < 4.78 is 43.0. The maximum absolute atomic E-state index is 13.0. The van der Waals surface area contributed by atoms with Crippen molar-refractivity contribution in [3.63, 3.8) is 0 Å². The topological polar surface area (TPSA) is 119 Å². The van der Waals surface area contributed by atoms with E-state index in [2.05, 4.69) is 5.32 Å². The minimum absolute atomic E-state index is 0.00140. The van der Waals surface area contributed by atoms with E-state index in [0.29, 0.717) is 16.7 Å². The van der Waals surface area contributed by atoms with Gasteiger partial charge < -0.3 is 19.9 Å². The molecule has 0 saturated heterocycles. The molecule has 0 aliphatic rings. The van der Waals surface area contributed by atoms with Crippen LogP contribution >= 0.6 is 0 Å². The Morgan fingerprint density at radius 1 is 0.674 bits per heavy atom. The van der Waals surface area contributed by atoms with Gasteiger partial charge >= 0.3 is 24.1 Å². The van der Waals surface area contributed by atoms with Gasteiger partial charge in [-0.3, -0.25) is 4.79 Å². The first-order chi connectivity index (χ1) is 19.7. The van der Waals surface area contributed by atoms with Crippen molar-refractivity contribution in [2.75, 3.05) is 6.54 Å². The molecule has 0 amide bonds. The van der Waals surface area contributed by atoms with Gasteiger partial charge in [0.1, 0.15) is 0 Å². The Labute approximate surface area is 247 Å². The zero-order valence-electron chi connectivity index (χ0n) is 24.9. The van der Waals surface area contributed by atoms with Crippen LogP contribution in [0.4, 0.5) is 13.2 Å². The van der Waals surface area contributed by atoms with Gasteiger partial charge in [0.25, 0.3) is 0 Å². The molecule has 11 heteroatoms. The number of aryl methyl sites for hydroxylation is 4. The summed E-state index contributed by atoms with van der Waals surface area (Å²) in [5, 5.41) is 10.3. The van der Waals surface area contributed by atoms with Gasteiger partial charge in [-0.15, -0.1) is 0 Å². The molecule has 0 heterocycles. The molecule has 2 N–H and O–H groups in total. The fourth-order valence-corrected chi connectivity index (χ4v) is 3.80. The summed E-state index contributed by atoms with van der Waals surface area (Å²) in [5.41, 5.74) is 4.53. The van der Waals surface area contributed by atoms with Crippen LogP contribution in [0.2, 0.25) is 0 Å². The van der Waals surface area contributed by atoms with Gasteiger partial charge in [0.2, 0.25) is 0 Å². The second-order valence-corrected chi connectivity index (χ2v) is 11.0. The average Bonchev–Trinajstić information content (AvgIpc) is 2.86. The minimum atomic E-state index is -5.08. The van der Waals surface area contributed by atoms with Crippen LogP contribution in [0.5, 0.6) is 11.5 Å². The van der Waals surface area contributed by atoms with Crippen LogP contribution in [0, 0.1) is 27.7 Å². The highest BCUT2D eigenvalue weighted by molar-refractivity contribution is 5.99. The standard InChI is InChI=1S/C30H33NO5.C2HF3O2/c1-18-10-19(2)13-23(12-18)28(33)35-26-9-8-22(25(32)17-31-30(5,6)7)16-27(26)36-29(34)24-14-20(3)11-21(4)15-24;3-2(4,5)1(6)7/h8-16,31H,17H2,1-7H3;(H,6,7). The molecule has 3 rings (SSSR count). The smallest absolute Gasteiger partial charge is 0.475 e. The number of carboxylic acids is 1. The Balaban J connectivity index is 0.000000821. The number of ketones is 1. The third-order valence-electron chi connectivity index (χ3n) is 5.61. The number of halogens is 3. The average molecular weight is 602 g/mol. The molecule has 0 atom stereocenters. The molecular weight excluding hydrogens is 567 g/mol. The fourth-order valence-electron chi connectivity index (χ4n) is 3.80. The lowest BCUT2D eigenvalue weighted by Crippen LogP contribution is -2.39. The van der Waals surface area contributed by atoms with E-state index in [9.17, 15) is 27.6 Å². The van der Waals surface area contributed by atoms with E-state index < -0.39 is 24.1 Å². The van der Waals surface area contributed by atoms with Crippen LogP contribution in [-0.4, -0.2) is 47.1 Å². The third-order valence-corrected chi connectivity index (χ3v) is 5.61. The highest BCUT2D eigenvalue weighted by Gasteiger charge is 2.38. The number of benzene rings is 3. The highest BCUT2D eigenvalue weighted by Crippen LogP contribution is 2.31. The number of hydrogen-bond acceptors (Lipinski definition) is 7. The van der Waals surface area contributed by atoms with Gasteiger partial charge in [-0.2, -0.15) is 13.2 Å². The van der Waals surface area contributed by atoms with Crippen molar-refractivity contribution in [3.05, 3.63) is 93.5 Å². The molecule has 3 aromatic rings. The lowest BCUT2D eigenvalue weighted by molar-refractivity contribution is -0.192. The number of alkyl halides is 3. The van der Waals surface area contributed by atoms with Crippen LogP contribution in [0.25, 0.3) is 0 Å². The number of carbonyl (C=O) groups is 4. The molecule has 3 aromatic carbocycles. The zero-order valence-corrected chi connectivity index (χ0v) is 24.9. The van der Waals surface area contributed by atoms with Crippen molar-refractivity contribution in [1.29, 1.82) is 0 Å². The summed E-state index contributed by atoms with van der Waals surface area (Å²) in [6.45, 7) is 13.6. The molecule has 0 fully saturated rings. The van der Waals surface area contributed by atoms with Gasteiger partial charge in [0, 0.05) is 11.1 Å². The predicted molar refractivity (Wildman–Crippen MR) is 154 cm³/mol. The molecule has 43 heavy (non-hydrogen) atoms. The van der Waals surface area contributed by atoms with Crippen LogP contribution in [-0.2, 0) is 4.79 Å². The lowest BCUT2D eigenvalue weighted by Gasteiger charge is -2.20. The first-order valence-corrected chi connectivity index (χ1v) is 13.1. The van der Waals surface area contributed by atoms with Crippen LogP contribution < -0.4 is 14.8 Å². The summed E-state index contributed by atoms with van der Waals surface area (Å²) >= 11 is 0. The number of ether oxygens (including phenoxy) is 2. The summed E-state index contributed by atoms with van der Waals surface area (Å²) in [5.74, 6) is -4.08. The van der Waals surface area contributed by atoms with Gasteiger partial charge in [-0.25, -0.2) is 14.4 Å².